The van der Waals surface area contributed by atoms with Gasteiger partial charge in [0, 0.05) is 6.42 Å². The van der Waals surface area contributed by atoms with Crippen LogP contribution in [0.5, 0.6) is 0 Å². The zero-order valence-electron chi connectivity index (χ0n) is 11.9. The first-order valence-electron chi connectivity index (χ1n) is 6.52. The summed E-state index contributed by atoms with van der Waals surface area (Å²) >= 11 is 0. The molecular weight excluding hydrogens is 266 g/mol. The van der Waals surface area contributed by atoms with Crippen molar-refractivity contribution >= 4 is 11.9 Å². The first-order chi connectivity index (χ1) is 10.1. The average molecular weight is 283 g/mol. The molecule has 0 atom stereocenters. The van der Waals surface area contributed by atoms with Crippen LogP contribution in [0.3, 0.4) is 0 Å². The van der Waals surface area contributed by atoms with Gasteiger partial charge in [-0.3, -0.25) is 4.79 Å². The Bertz CT molecular complexity index is 617. The summed E-state index contributed by atoms with van der Waals surface area (Å²) in [6, 6.07) is 6.67. The van der Waals surface area contributed by atoms with Crippen molar-refractivity contribution < 1.29 is 14.7 Å². The summed E-state index contributed by atoms with van der Waals surface area (Å²) in [4.78, 5) is 24.7. The molecule has 0 radical (unpaired) electrons. The molecule has 4 nitrogen and oxygen atoms in total. The Labute approximate surface area is 124 Å². The maximum absolute atomic E-state index is 12.1. The van der Waals surface area contributed by atoms with Crippen LogP contribution >= 0.6 is 0 Å². The first kappa shape index (κ1) is 16.3. The molecule has 0 heterocycles. The molecule has 0 spiro atoms. The number of aromatic carboxylic acids is 1. The molecule has 0 bridgehead atoms. The van der Waals surface area contributed by atoms with Crippen LogP contribution in [0.15, 0.2) is 24.3 Å². The topological polar surface area (TPSA) is 57.6 Å². The average Bonchev–Trinajstić information content (AvgIpc) is 2.49. The van der Waals surface area contributed by atoms with Gasteiger partial charge < -0.3 is 10.0 Å². The highest BCUT2D eigenvalue weighted by Gasteiger charge is 2.14. The van der Waals surface area contributed by atoms with E-state index in [2.05, 4.69) is 17.8 Å². The van der Waals surface area contributed by atoms with Crippen LogP contribution in [0, 0.1) is 24.2 Å². The Hall–Kier alpha value is -2.72. The molecule has 0 saturated heterocycles. The van der Waals surface area contributed by atoms with Gasteiger partial charge >= 0.3 is 5.97 Å². The minimum atomic E-state index is -0.990. The van der Waals surface area contributed by atoms with E-state index in [0.717, 1.165) is 0 Å². The van der Waals surface area contributed by atoms with E-state index in [1.165, 1.54) is 11.0 Å². The summed E-state index contributed by atoms with van der Waals surface area (Å²) in [5, 5.41) is 9.10. The molecule has 21 heavy (non-hydrogen) atoms. The largest absolute Gasteiger partial charge is 0.478 e. The number of terminal acetylenes is 1. The third-order valence-electron chi connectivity index (χ3n) is 2.94. The van der Waals surface area contributed by atoms with Crippen molar-refractivity contribution in [2.24, 2.45) is 0 Å². The van der Waals surface area contributed by atoms with Gasteiger partial charge in [0.2, 0.25) is 5.91 Å². The number of aryl methyl sites for hydroxylation is 1. The second-order valence-corrected chi connectivity index (χ2v) is 4.34. The summed E-state index contributed by atoms with van der Waals surface area (Å²) in [5.41, 5.74) is 0.864. The van der Waals surface area contributed by atoms with E-state index in [4.69, 9.17) is 11.5 Å². The molecule has 0 fully saturated rings. The first-order valence-corrected chi connectivity index (χ1v) is 6.52. The fraction of sp³-hybridized carbons (Fsp3) is 0.294. The lowest BCUT2D eigenvalue weighted by molar-refractivity contribution is -0.129. The summed E-state index contributed by atoms with van der Waals surface area (Å²) < 4.78 is 0. The molecule has 1 amide bonds. The highest BCUT2D eigenvalue weighted by molar-refractivity contribution is 5.89. The molecule has 1 rings (SSSR count). The number of carbonyl (C=O) groups excluding carboxylic acids is 1. The van der Waals surface area contributed by atoms with Crippen molar-refractivity contribution in [2.75, 3.05) is 13.1 Å². The number of hydrogen-bond acceptors (Lipinski definition) is 2. The van der Waals surface area contributed by atoms with Crippen molar-refractivity contribution in [3.63, 3.8) is 0 Å². The minimum absolute atomic E-state index is 0.129. The van der Waals surface area contributed by atoms with E-state index in [0.29, 0.717) is 18.5 Å². The number of nitrogens with zero attached hydrogens (tertiary/aromatic N) is 1. The fourth-order valence-electron chi connectivity index (χ4n) is 1.86. The van der Waals surface area contributed by atoms with Crippen LogP contribution in [0.25, 0.3) is 0 Å². The third kappa shape index (κ3) is 5.04. The second-order valence-electron chi connectivity index (χ2n) is 4.34. The van der Waals surface area contributed by atoms with Crippen molar-refractivity contribution in [2.45, 2.75) is 19.8 Å². The van der Waals surface area contributed by atoms with Crippen LogP contribution < -0.4 is 0 Å². The summed E-state index contributed by atoms with van der Waals surface area (Å²) in [6.07, 6.45) is 5.81. The predicted octanol–water partition coefficient (Wildman–Crippen LogP) is 1.80. The van der Waals surface area contributed by atoms with Crippen LogP contribution in [0.1, 0.15) is 29.3 Å². The van der Waals surface area contributed by atoms with Gasteiger partial charge in [-0.2, -0.15) is 0 Å². The number of amides is 1. The summed E-state index contributed by atoms with van der Waals surface area (Å²) in [5.74, 6) is 6.84. The van der Waals surface area contributed by atoms with Crippen LogP contribution in [0.4, 0.5) is 0 Å². The van der Waals surface area contributed by atoms with E-state index >= 15 is 0 Å². The molecule has 0 saturated carbocycles. The number of hydrogen-bond donors (Lipinski definition) is 1. The van der Waals surface area contributed by atoms with Crippen LogP contribution in [-0.2, 0) is 11.2 Å². The maximum atomic E-state index is 12.1. The molecule has 0 aromatic heterocycles. The fourth-order valence-corrected chi connectivity index (χ4v) is 1.86. The third-order valence-corrected chi connectivity index (χ3v) is 2.94. The van der Waals surface area contributed by atoms with Gasteiger partial charge in [-0.05, 0) is 25.0 Å². The number of carbonyl (C=O) groups is 2. The van der Waals surface area contributed by atoms with Gasteiger partial charge in [0.25, 0.3) is 0 Å². The predicted molar refractivity (Wildman–Crippen MR) is 80.6 cm³/mol. The quantitative estimate of drug-likeness (QED) is 0.810. The monoisotopic (exact) mass is 283 g/mol. The second kappa shape index (κ2) is 8.45. The Morgan fingerprint density at radius 3 is 2.62 bits per heavy atom. The molecule has 0 aliphatic rings. The van der Waals surface area contributed by atoms with Crippen molar-refractivity contribution in [1.29, 1.82) is 0 Å². The smallest absolute Gasteiger partial charge is 0.335 e. The molecule has 1 aromatic carbocycles. The Kier molecular flexibility index (Phi) is 6.57. The van der Waals surface area contributed by atoms with E-state index in [1.807, 2.05) is 0 Å². The van der Waals surface area contributed by atoms with Crippen LogP contribution in [0.2, 0.25) is 0 Å². The van der Waals surface area contributed by atoms with Crippen molar-refractivity contribution in [3.05, 3.63) is 35.4 Å². The highest BCUT2D eigenvalue weighted by atomic mass is 16.4. The lowest BCUT2D eigenvalue weighted by Crippen LogP contribution is -2.32. The maximum Gasteiger partial charge on any atom is 0.335 e. The Balaban J connectivity index is 2.72. The molecule has 0 aliphatic heterocycles. The van der Waals surface area contributed by atoms with E-state index < -0.39 is 5.97 Å². The number of benzene rings is 1. The van der Waals surface area contributed by atoms with Crippen LogP contribution in [-0.4, -0.2) is 35.0 Å². The van der Waals surface area contributed by atoms with Crippen molar-refractivity contribution in [3.8, 4) is 24.2 Å². The van der Waals surface area contributed by atoms with E-state index in [-0.39, 0.29) is 24.4 Å². The molecule has 0 unspecified atom stereocenters. The highest BCUT2D eigenvalue weighted by Crippen LogP contribution is 2.12. The SMILES string of the molecule is C#CCN(CC#CC)C(=O)CCc1ccccc1C(=O)O. The van der Waals surface area contributed by atoms with Gasteiger partial charge in [-0.25, -0.2) is 4.79 Å². The molecule has 1 N–H and O–H groups in total. The number of carboxylic acids is 1. The van der Waals surface area contributed by atoms with Gasteiger partial charge in [0.05, 0.1) is 18.7 Å². The standard InChI is InChI=1S/C17H17NO3/c1-3-5-13-18(12-4-2)16(19)11-10-14-8-6-7-9-15(14)17(20)21/h2,6-9H,10-13H2,1H3,(H,20,21). The van der Waals surface area contributed by atoms with Gasteiger partial charge in [0.1, 0.15) is 0 Å². The number of rotatable bonds is 6. The molecule has 108 valence electrons. The normalized spacial score (nSPS) is 9.14. The molecule has 4 heteroatoms. The van der Waals surface area contributed by atoms with Gasteiger partial charge in [0.15, 0.2) is 0 Å². The zero-order valence-corrected chi connectivity index (χ0v) is 11.9. The number of carboxylic acid groups (broad SMARTS) is 1. The Morgan fingerprint density at radius 2 is 2.00 bits per heavy atom. The zero-order chi connectivity index (χ0) is 15.7. The summed E-state index contributed by atoms with van der Waals surface area (Å²) in [7, 11) is 0. The Morgan fingerprint density at radius 1 is 1.29 bits per heavy atom. The molecule has 1 aromatic rings. The molecular formula is C17H17NO3. The molecule has 0 aliphatic carbocycles. The minimum Gasteiger partial charge on any atom is -0.478 e. The lowest BCUT2D eigenvalue weighted by atomic mass is 10.0. The summed E-state index contributed by atoms with van der Waals surface area (Å²) in [6.45, 7) is 2.19. The van der Waals surface area contributed by atoms with Crippen molar-refractivity contribution in [1.82, 2.24) is 4.90 Å². The van der Waals surface area contributed by atoms with E-state index in [1.54, 1.807) is 25.1 Å². The lowest BCUT2D eigenvalue weighted by Gasteiger charge is -2.17. The van der Waals surface area contributed by atoms with Gasteiger partial charge in [-0.1, -0.05) is 30.0 Å². The van der Waals surface area contributed by atoms with E-state index in [9.17, 15) is 9.59 Å². The van der Waals surface area contributed by atoms with Gasteiger partial charge in [-0.15, -0.1) is 12.3 Å².